The molecule has 1 rings (SSSR count). The van der Waals surface area contributed by atoms with Crippen LogP contribution in [-0.4, -0.2) is 46.1 Å². The maximum absolute atomic E-state index is 12.9. The fourth-order valence-electron chi connectivity index (χ4n) is 2.88. The van der Waals surface area contributed by atoms with Gasteiger partial charge in [-0.25, -0.2) is 4.79 Å². The summed E-state index contributed by atoms with van der Waals surface area (Å²) in [7, 11) is 1.48. The van der Waals surface area contributed by atoms with E-state index < -0.39 is 28.8 Å². The number of nitrogens with two attached hydrogens (primary N) is 1. The number of benzene rings is 1. The Morgan fingerprint density at radius 3 is 2.47 bits per heavy atom. The second kappa shape index (κ2) is 11.9. The molecule has 10 heteroatoms. The van der Waals surface area contributed by atoms with Crippen molar-refractivity contribution >= 4 is 23.0 Å². The molecule has 0 aromatic heterocycles. The van der Waals surface area contributed by atoms with Gasteiger partial charge in [0.15, 0.2) is 17.2 Å². The average Bonchev–Trinajstić information content (AvgIpc) is 2.65. The van der Waals surface area contributed by atoms with Gasteiger partial charge in [0.1, 0.15) is 6.04 Å². The maximum atomic E-state index is 12.9. The Morgan fingerprint density at radius 2 is 1.97 bits per heavy atom. The Bertz CT molecular complexity index is 757. The summed E-state index contributed by atoms with van der Waals surface area (Å²) >= 11 is -2.39. The van der Waals surface area contributed by atoms with Crippen LogP contribution in [0.25, 0.3) is 0 Å². The molecule has 1 unspecified atom stereocenters. The van der Waals surface area contributed by atoms with E-state index in [2.05, 4.69) is 5.32 Å². The van der Waals surface area contributed by atoms with Gasteiger partial charge in [0.25, 0.3) is 0 Å². The number of methoxy groups -OCH3 is 1. The third-order valence-electron chi connectivity index (χ3n) is 4.24. The Morgan fingerprint density at radius 1 is 1.30 bits per heavy atom. The highest BCUT2D eigenvalue weighted by Gasteiger charge is 2.36. The third kappa shape index (κ3) is 7.92. The summed E-state index contributed by atoms with van der Waals surface area (Å²) in [6.45, 7) is 7.26. The monoisotopic (exact) mass is 443 g/mol. The molecule has 1 aromatic carbocycles. The van der Waals surface area contributed by atoms with E-state index in [0.29, 0.717) is 30.1 Å². The first-order valence-electron chi connectivity index (χ1n) is 9.68. The van der Waals surface area contributed by atoms with Crippen molar-refractivity contribution < 1.29 is 32.6 Å². The van der Waals surface area contributed by atoms with Crippen molar-refractivity contribution in [3.63, 3.8) is 0 Å². The topological polar surface area (TPSA) is 140 Å². The molecule has 0 bridgehead atoms. The van der Waals surface area contributed by atoms with Crippen LogP contribution in [0, 0.1) is 5.92 Å². The number of rotatable bonds is 12. The van der Waals surface area contributed by atoms with E-state index in [-0.39, 0.29) is 24.0 Å². The van der Waals surface area contributed by atoms with Crippen molar-refractivity contribution in [1.82, 2.24) is 5.32 Å². The lowest BCUT2D eigenvalue weighted by atomic mass is 9.99. The molecule has 0 spiro atoms. The van der Waals surface area contributed by atoms with Crippen LogP contribution in [0.5, 0.6) is 11.5 Å². The van der Waals surface area contributed by atoms with Gasteiger partial charge in [0, 0.05) is 24.7 Å². The van der Waals surface area contributed by atoms with Crippen LogP contribution in [0.1, 0.15) is 46.1 Å². The fourth-order valence-corrected chi connectivity index (χ4v) is 3.35. The molecule has 0 radical (unpaired) electrons. The number of amides is 1. The Kier molecular flexibility index (Phi) is 10.2. The van der Waals surface area contributed by atoms with Crippen LogP contribution in [0.3, 0.4) is 0 Å². The summed E-state index contributed by atoms with van der Waals surface area (Å²) in [5.41, 5.74) is 5.00. The summed E-state index contributed by atoms with van der Waals surface area (Å²) in [6.07, 6.45) is 0.163. The average molecular weight is 444 g/mol. The van der Waals surface area contributed by atoms with Crippen molar-refractivity contribution in [1.29, 1.82) is 0 Å². The van der Waals surface area contributed by atoms with Crippen molar-refractivity contribution in [3.05, 3.63) is 23.8 Å². The number of hydrogen-bond donors (Lipinski definition) is 2. The van der Waals surface area contributed by atoms with Gasteiger partial charge in [0.2, 0.25) is 5.91 Å². The number of ether oxygens (including phenoxy) is 3. The Labute approximate surface area is 179 Å². The zero-order chi connectivity index (χ0) is 22.9. The molecule has 0 heterocycles. The largest absolute Gasteiger partial charge is 0.772 e. The minimum atomic E-state index is -2.39. The lowest BCUT2D eigenvalue weighted by Gasteiger charge is -2.32. The Balaban J connectivity index is 3.29. The normalized spacial score (nSPS) is 15.1. The molecule has 170 valence electrons. The molecule has 3 atom stereocenters. The van der Waals surface area contributed by atoms with Crippen LogP contribution in [0.15, 0.2) is 18.2 Å². The smallest absolute Gasteiger partial charge is 0.330 e. The van der Waals surface area contributed by atoms with E-state index in [1.54, 1.807) is 25.1 Å². The molecule has 9 nitrogen and oxygen atoms in total. The van der Waals surface area contributed by atoms with Crippen LogP contribution in [-0.2, 0) is 31.1 Å². The molecule has 0 aliphatic rings. The van der Waals surface area contributed by atoms with Crippen LogP contribution < -0.4 is 20.5 Å². The van der Waals surface area contributed by atoms with Crippen LogP contribution in [0.4, 0.5) is 0 Å². The van der Waals surface area contributed by atoms with Gasteiger partial charge >= 0.3 is 5.97 Å². The van der Waals surface area contributed by atoms with Crippen molar-refractivity contribution in [2.24, 2.45) is 11.7 Å². The summed E-state index contributed by atoms with van der Waals surface area (Å²) in [4.78, 5) is 24.4. The molecule has 0 aliphatic heterocycles. The zero-order valence-corrected chi connectivity index (χ0v) is 18.9. The first-order valence-corrected chi connectivity index (χ1v) is 10.9. The van der Waals surface area contributed by atoms with Gasteiger partial charge in [0.05, 0.1) is 13.7 Å². The highest BCUT2D eigenvalue weighted by atomic mass is 32.2. The molecule has 1 amide bonds. The van der Waals surface area contributed by atoms with Gasteiger partial charge < -0.3 is 24.1 Å². The quantitative estimate of drug-likeness (QED) is 0.282. The molecular weight excluding hydrogens is 412 g/mol. The van der Waals surface area contributed by atoms with Gasteiger partial charge in [-0.2, -0.15) is 0 Å². The van der Waals surface area contributed by atoms with E-state index in [0.717, 1.165) is 0 Å². The first-order chi connectivity index (χ1) is 14.0. The number of hydrogen-bond acceptors (Lipinski definition) is 8. The molecule has 30 heavy (non-hydrogen) atoms. The lowest BCUT2D eigenvalue weighted by molar-refractivity contribution is -0.165. The second-order valence-corrected chi connectivity index (χ2v) is 8.27. The maximum Gasteiger partial charge on any atom is 0.330 e. The standard InChI is InChI=1S/C20H32N2O7S/c1-6-28-18-12-15(7-8-17(18)27-5)20(21,9-10-30(25)26)29-19(24)16(11-13(2)3)22-14(4)23/h7-8,12-13,16H,6,9-11,21H2,1-5H3,(H,22,23)(H,25,26)/p-1/t16-,20-/m0/s1. The van der Waals surface area contributed by atoms with Gasteiger partial charge in [-0.1, -0.05) is 24.9 Å². The van der Waals surface area contributed by atoms with E-state index in [9.17, 15) is 18.4 Å². The minimum absolute atomic E-state index is 0.0984. The fraction of sp³-hybridized carbons (Fsp3) is 0.600. The summed E-state index contributed by atoms with van der Waals surface area (Å²) in [5.74, 6) is -0.517. The highest BCUT2D eigenvalue weighted by molar-refractivity contribution is 7.79. The summed E-state index contributed by atoms with van der Waals surface area (Å²) in [6, 6.07) is 3.83. The molecule has 0 saturated carbocycles. The SMILES string of the molecule is CCOc1cc([C@](N)(CCS(=O)[O-])OC(=O)[C@H](CC(C)C)NC(C)=O)ccc1OC. The van der Waals surface area contributed by atoms with E-state index in [4.69, 9.17) is 19.9 Å². The number of esters is 1. The predicted molar refractivity (Wildman–Crippen MR) is 112 cm³/mol. The predicted octanol–water partition coefficient (Wildman–Crippen LogP) is 1.57. The number of carbonyl (C=O) groups is 2. The molecule has 0 fully saturated rings. The van der Waals surface area contributed by atoms with E-state index >= 15 is 0 Å². The van der Waals surface area contributed by atoms with Crippen molar-refractivity contribution in [2.45, 2.75) is 52.3 Å². The second-order valence-electron chi connectivity index (χ2n) is 7.25. The molecule has 0 saturated heterocycles. The summed E-state index contributed by atoms with van der Waals surface area (Å²) < 4.78 is 38.7. The molecule has 3 N–H and O–H groups in total. The molecule has 0 aliphatic carbocycles. The van der Waals surface area contributed by atoms with Gasteiger partial charge in [-0.05, 0) is 37.5 Å². The number of carbonyl (C=O) groups excluding carboxylic acids is 2. The van der Waals surface area contributed by atoms with Crippen LogP contribution in [0.2, 0.25) is 0 Å². The highest BCUT2D eigenvalue weighted by Crippen LogP contribution is 2.34. The lowest BCUT2D eigenvalue weighted by Crippen LogP contribution is -2.49. The summed E-state index contributed by atoms with van der Waals surface area (Å²) in [5, 5.41) is 2.56. The Hall–Kier alpha value is -2.17. The van der Waals surface area contributed by atoms with E-state index in [1.807, 2.05) is 13.8 Å². The van der Waals surface area contributed by atoms with Crippen LogP contribution >= 0.6 is 0 Å². The van der Waals surface area contributed by atoms with Gasteiger partial charge in [-0.15, -0.1) is 0 Å². The zero-order valence-electron chi connectivity index (χ0n) is 18.1. The van der Waals surface area contributed by atoms with E-state index in [1.165, 1.54) is 14.0 Å². The van der Waals surface area contributed by atoms with Crippen molar-refractivity contribution in [2.75, 3.05) is 19.5 Å². The number of nitrogens with one attached hydrogen (secondary N) is 1. The van der Waals surface area contributed by atoms with Gasteiger partial charge in [-0.3, -0.25) is 14.7 Å². The molecule has 1 aromatic rings. The third-order valence-corrected chi connectivity index (χ3v) is 4.78. The minimum Gasteiger partial charge on any atom is -0.772 e. The van der Waals surface area contributed by atoms with Crippen molar-refractivity contribution in [3.8, 4) is 11.5 Å². The molecular formula is C20H31N2O7S-. The first kappa shape index (κ1) is 25.9.